The Balaban J connectivity index is 1.31. The number of anilines is 3. The molecule has 236 valence electrons. The smallest absolute Gasteiger partial charge is 0.0505 e. The van der Waals surface area contributed by atoms with E-state index in [1.807, 2.05) is 11.3 Å². The van der Waals surface area contributed by atoms with Crippen molar-refractivity contribution >= 4 is 48.6 Å². The average Bonchev–Trinajstić information content (AvgIpc) is 3.61. The van der Waals surface area contributed by atoms with E-state index in [-0.39, 0.29) is 10.8 Å². The Morgan fingerprint density at radius 2 is 1.23 bits per heavy atom. The Morgan fingerprint density at radius 1 is 0.542 bits per heavy atom. The van der Waals surface area contributed by atoms with Gasteiger partial charge >= 0.3 is 0 Å². The summed E-state index contributed by atoms with van der Waals surface area (Å²) in [6, 6.07) is 50.5. The molecule has 1 heterocycles. The highest BCUT2D eigenvalue weighted by Gasteiger charge is 2.44. The summed E-state index contributed by atoms with van der Waals surface area (Å²) in [6.07, 6.45) is 6.37. The van der Waals surface area contributed by atoms with Gasteiger partial charge in [-0.2, -0.15) is 0 Å². The molecule has 1 spiro atoms. The van der Waals surface area contributed by atoms with E-state index in [0.717, 1.165) is 0 Å². The van der Waals surface area contributed by atoms with Crippen molar-refractivity contribution in [1.82, 2.24) is 0 Å². The SMILES string of the molecule is CC(C)(C)c1ccc(-c2ccccc2)cc1N(c1ccc2c(c1)C1(CCCCC1)c1ccccc1-2)c1ccc2c(c1)sc1ccccc12. The van der Waals surface area contributed by atoms with Gasteiger partial charge in [0.05, 0.1) is 5.69 Å². The summed E-state index contributed by atoms with van der Waals surface area (Å²) in [5, 5.41) is 2.67. The van der Waals surface area contributed by atoms with E-state index in [1.54, 1.807) is 0 Å². The van der Waals surface area contributed by atoms with E-state index in [2.05, 4.69) is 159 Å². The van der Waals surface area contributed by atoms with Gasteiger partial charge in [0.1, 0.15) is 0 Å². The van der Waals surface area contributed by atoms with Crippen LogP contribution in [0.3, 0.4) is 0 Å². The van der Waals surface area contributed by atoms with Crippen LogP contribution in [0.2, 0.25) is 0 Å². The van der Waals surface area contributed by atoms with Gasteiger partial charge in [0.25, 0.3) is 0 Å². The Kier molecular flexibility index (Phi) is 6.88. The molecule has 0 saturated heterocycles. The lowest BCUT2D eigenvalue weighted by molar-refractivity contribution is 0.353. The maximum atomic E-state index is 2.57. The van der Waals surface area contributed by atoms with E-state index in [9.17, 15) is 0 Å². The Morgan fingerprint density at radius 3 is 2.06 bits per heavy atom. The fourth-order valence-corrected chi connectivity index (χ4v) is 9.86. The molecule has 0 bridgehead atoms. The van der Waals surface area contributed by atoms with Crippen molar-refractivity contribution in [3.8, 4) is 22.3 Å². The zero-order valence-corrected chi connectivity index (χ0v) is 28.9. The predicted octanol–water partition coefficient (Wildman–Crippen LogP) is 13.7. The van der Waals surface area contributed by atoms with Crippen molar-refractivity contribution in [3.63, 3.8) is 0 Å². The highest BCUT2D eigenvalue weighted by Crippen LogP contribution is 2.57. The molecule has 0 aliphatic heterocycles. The normalized spacial score (nSPS) is 15.1. The first-order valence-corrected chi connectivity index (χ1v) is 18.4. The van der Waals surface area contributed by atoms with Gasteiger partial charge in [-0.25, -0.2) is 0 Å². The highest BCUT2D eigenvalue weighted by atomic mass is 32.1. The number of thiophene rings is 1. The van der Waals surface area contributed by atoms with Crippen molar-refractivity contribution < 1.29 is 0 Å². The van der Waals surface area contributed by atoms with Gasteiger partial charge in [-0.05, 0) is 93.6 Å². The first-order chi connectivity index (χ1) is 23.4. The van der Waals surface area contributed by atoms with Crippen LogP contribution in [0.5, 0.6) is 0 Å². The summed E-state index contributed by atoms with van der Waals surface area (Å²) in [5.74, 6) is 0. The molecule has 0 atom stereocenters. The van der Waals surface area contributed by atoms with Crippen LogP contribution < -0.4 is 4.90 Å². The molecule has 0 amide bonds. The molecule has 2 heteroatoms. The minimum Gasteiger partial charge on any atom is -0.310 e. The van der Waals surface area contributed by atoms with Crippen molar-refractivity contribution in [1.29, 1.82) is 0 Å². The number of hydrogen-bond acceptors (Lipinski definition) is 2. The molecule has 1 aromatic heterocycles. The maximum Gasteiger partial charge on any atom is 0.0505 e. The van der Waals surface area contributed by atoms with Gasteiger partial charge in [0.15, 0.2) is 0 Å². The van der Waals surface area contributed by atoms with Crippen LogP contribution in [-0.2, 0) is 10.8 Å². The lowest BCUT2D eigenvalue weighted by atomic mass is 9.68. The minimum absolute atomic E-state index is 0.0535. The summed E-state index contributed by atoms with van der Waals surface area (Å²) in [6.45, 7) is 7.03. The van der Waals surface area contributed by atoms with E-state index in [4.69, 9.17) is 0 Å². The molecule has 1 saturated carbocycles. The third kappa shape index (κ3) is 4.65. The first-order valence-electron chi connectivity index (χ1n) is 17.6. The second-order valence-corrected chi connectivity index (χ2v) is 16.0. The molecule has 7 aromatic rings. The molecule has 2 aliphatic rings. The van der Waals surface area contributed by atoms with Crippen LogP contribution in [-0.4, -0.2) is 0 Å². The van der Waals surface area contributed by atoms with Gasteiger partial charge < -0.3 is 4.90 Å². The fourth-order valence-electron chi connectivity index (χ4n) is 8.72. The van der Waals surface area contributed by atoms with Crippen LogP contribution in [0.4, 0.5) is 17.1 Å². The summed E-state index contributed by atoms with van der Waals surface area (Å²) in [4.78, 5) is 2.57. The van der Waals surface area contributed by atoms with Gasteiger partial charge in [-0.3, -0.25) is 0 Å². The maximum absolute atomic E-state index is 2.57. The van der Waals surface area contributed by atoms with Crippen LogP contribution >= 0.6 is 11.3 Å². The topological polar surface area (TPSA) is 3.24 Å². The monoisotopic (exact) mass is 639 g/mol. The van der Waals surface area contributed by atoms with E-state index < -0.39 is 0 Å². The first kappa shape index (κ1) is 29.5. The Bertz CT molecular complexity index is 2310. The van der Waals surface area contributed by atoms with Crippen molar-refractivity contribution in [2.45, 2.75) is 63.7 Å². The van der Waals surface area contributed by atoms with E-state index in [0.29, 0.717) is 0 Å². The molecule has 1 fully saturated rings. The molecule has 48 heavy (non-hydrogen) atoms. The molecule has 9 rings (SSSR count). The van der Waals surface area contributed by atoms with Crippen molar-refractivity contribution in [2.24, 2.45) is 0 Å². The van der Waals surface area contributed by atoms with Gasteiger partial charge in [0, 0.05) is 37.0 Å². The van der Waals surface area contributed by atoms with Crippen LogP contribution in [0, 0.1) is 0 Å². The zero-order valence-electron chi connectivity index (χ0n) is 28.1. The van der Waals surface area contributed by atoms with Crippen LogP contribution in [0.1, 0.15) is 69.6 Å². The van der Waals surface area contributed by atoms with E-state index >= 15 is 0 Å². The lowest BCUT2D eigenvalue weighted by Crippen LogP contribution is -2.28. The van der Waals surface area contributed by atoms with Crippen molar-refractivity contribution in [2.75, 3.05) is 4.90 Å². The number of fused-ring (bicyclic) bond motifs is 8. The number of nitrogens with zero attached hydrogens (tertiary/aromatic N) is 1. The summed E-state index contributed by atoms with van der Waals surface area (Å²) >= 11 is 1.90. The zero-order chi connectivity index (χ0) is 32.5. The molecular formula is C46H41NS. The lowest BCUT2D eigenvalue weighted by Gasteiger charge is -2.37. The molecule has 2 aliphatic carbocycles. The van der Waals surface area contributed by atoms with Crippen LogP contribution in [0.15, 0.2) is 133 Å². The average molecular weight is 640 g/mol. The number of rotatable bonds is 4. The van der Waals surface area contributed by atoms with Gasteiger partial charge in [-0.1, -0.05) is 137 Å². The van der Waals surface area contributed by atoms with Crippen molar-refractivity contribution in [3.05, 3.63) is 150 Å². The summed E-state index contributed by atoms with van der Waals surface area (Å²) in [5.41, 5.74) is 13.5. The fraction of sp³-hybridized carbons (Fsp3) is 0.217. The Hall–Kier alpha value is -4.66. The molecule has 6 aromatic carbocycles. The largest absolute Gasteiger partial charge is 0.310 e. The minimum atomic E-state index is -0.0535. The standard InChI is InChI=1S/C46H41NS/c1-45(2,3)40-25-20-32(31-14-6-4-7-15-31)28-42(40)47(34-22-24-38-37-17-9-11-19-43(37)48-44(38)30-34)33-21-23-36-35-16-8-10-18-39(35)46(41(36)29-33)26-12-5-13-27-46/h4,6-11,14-25,28-30H,5,12-13,26-27H2,1-3H3. The third-order valence-electron chi connectivity index (χ3n) is 11.0. The third-order valence-corrected chi connectivity index (χ3v) is 12.1. The molecule has 0 radical (unpaired) electrons. The van der Waals surface area contributed by atoms with E-state index in [1.165, 1.54) is 108 Å². The summed E-state index contributed by atoms with van der Waals surface area (Å²) < 4.78 is 2.67. The summed E-state index contributed by atoms with van der Waals surface area (Å²) in [7, 11) is 0. The second kappa shape index (κ2) is 11.2. The number of benzene rings is 6. The second-order valence-electron chi connectivity index (χ2n) is 14.9. The molecule has 0 unspecified atom stereocenters. The molecule has 0 N–H and O–H groups in total. The Labute approximate surface area is 288 Å². The van der Waals surface area contributed by atoms with Gasteiger partial charge in [-0.15, -0.1) is 11.3 Å². The predicted molar refractivity (Wildman–Crippen MR) is 207 cm³/mol. The van der Waals surface area contributed by atoms with Gasteiger partial charge in [0.2, 0.25) is 0 Å². The van der Waals surface area contributed by atoms with Crippen LogP contribution in [0.25, 0.3) is 42.4 Å². The molecule has 1 nitrogen and oxygen atoms in total. The molecular weight excluding hydrogens is 599 g/mol. The number of hydrogen-bond donors (Lipinski definition) is 0. The highest BCUT2D eigenvalue weighted by molar-refractivity contribution is 7.25. The quantitative estimate of drug-likeness (QED) is 0.185.